The summed E-state index contributed by atoms with van der Waals surface area (Å²) < 4.78 is 5.40. The molecule has 0 spiro atoms. The van der Waals surface area contributed by atoms with Crippen molar-refractivity contribution < 1.29 is 14.6 Å². The topological polar surface area (TPSA) is 75.6 Å². The fraction of sp³-hybridized carbons (Fsp3) is 0.688. The monoisotopic (exact) mass is 305 g/mol. The number of carbonyl (C=O) groups excluding carboxylic acids is 1. The van der Waals surface area contributed by atoms with Crippen LogP contribution < -0.4 is 0 Å². The Morgan fingerprint density at radius 1 is 1.41 bits per heavy atom. The van der Waals surface area contributed by atoms with Crippen molar-refractivity contribution in [2.75, 3.05) is 26.3 Å². The van der Waals surface area contributed by atoms with Crippen LogP contribution in [0.3, 0.4) is 0 Å². The number of carbonyl (C=O) groups is 1. The SMILES string of the molecule is C[C@@H]1CN(C(=O)c2cnccn2)CC[C@@]1(O)C1CCOCC1. The second-order valence-electron chi connectivity index (χ2n) is 6.37. The van der Waals surface area contributed by atoms with Crippen LogP contribution in [0.4, 0.5) is 0 Å². The van der Waals surface area contributed by atoms with Gasteiger partial charge in [-0.3, -0.25) is 9.78 Å². The van der Waals surface area contributed by atoms with Crippen LogP contribution >= 0.6 is 0 Å². The van der Waals surface area contributed by atoms with E-state index in [1.54, 1.807) is 11.1 Å². The first-order chi connectivity index (χ1) is 10.6. The number of piperidine rings is 1. The van der Waals surface area contributed by atoms with Gasteiger partial charge in [0, 0.05) is 44.6 Å². The first-order valence-corrected chi connectivity index (χ1v) is 7.96. The van der Waals surface area contributed by atoms with Crippen LogP contribution in [0.1, 0.15) is 36.7 Å². The maximum Gasteiger partial charge on any atom is 0.274 e. The van der Waals surface area contributed by atoms with E-state index in [0.29, 0.717) is 25.2 Å². The van der Waals surface area contributed by atoms with Crippen molar-refractivity contribution in [1.29, 1.82) is 0 Å². The maximum atomic E-state index is 12.5. The first-order valence-electron chi connectivity index (χ1n) is 7.96. The number of amides is 1. The third-order valence-electron chi connectivity index (χ3n) is 5.13. The van der Waals surface area contributed by atoms with Crippen molar-refractivity contribution >= 4 is 5.91 Å². The molecule has 2 fully saturated rings. The molecule has 0 radical (unpaired) electrons. The zero-order valence-electron chi connectivity index (χ0n) is 12.9. The molecular weight excluding hydrogens is 282 g/mol. The zero-order chi connectivity index (χ0) is 15.6. The highest BCUT2D eigenvalue weighted by molar-refractivity contribution is 5.92. The fourth-order valence-corrected chi connectivity index (χ4v) is 3.70. The molecule has 0 aromatic carbocycles. The minimum absolute atomic E-state index is 0.0463. The molecule has 1 aromatic heterocycles. The van der Waals surface area contributed by atoms with Gasteiger partial charge in [0.2, 0.25) is 0 Å². The van der Waals surface area contributed by atoms with Gasteiger partial charge in [-0.2, -0.15) is 0 Å². The molecule has 1 amide bonds. The summed E-state index contributed by atoms with van der Waals surface area (Å²) in [5.74, 6) is 0.212. The molecule has 6 heteroatoms. The molecule has 1 N–H and O–H groups in total. The fourth-order valence-electron chi connectivity index (χ4n) is 3.70. The first kappa shape index (κ1) is 15.4. The third-order valence-corrected chi connectivity index (χ3v) is 5.13. The molecule has 2 aliphatic rings. The normalized spacial score (nSPS) is 30.3. The van der Waals surface area contributed by atoms with Crippen LogP contribution in [0, 0.1) is 11.8 Å². The molecule has 1 aromatic rings. The molecule has 3 heterocycles. The van der Waals surface area contributed by atoms with Gasteiger partial charge in [-0.1, -0.05) is 6.92 Å². The van der Waals surface area contributed by atoms with Gasteiger partial charge >= 0.3 is 0 Å². The number of aliphatic hydroxyl groups is 1. The summed E-state index contributed by atoms with van der Waals surface area (Å²) in [7, 11) is 0. The Labute approximate surface area is 130 Å². The molecular formula is C16H23N3O3. The quantitative estimate of drug-likeness (QED) is 0.886. The average Bonchev–Trinajstić information content (AvgIpc) is 2.58. The molecule has 2 aliphatic heterocycles. The van der Waals surface area contributed by atoms with Crippen molar-refractivity contribution in [2.45, 2.75) is 31.8 Å². The lowest BCUT2D eigenvalue weighted by molar-refractivity contribution is -0.125. The van der Waals surface area contributed by atoms with E-state index in [2.05, 4.69) is 9.97 Å². The van der Waals surface area contributed by atoms with Gasteiger partial charge in [-0.05, 0) is 25.2 Å². The third kappa shape index (κ3) is 2.85. The van der Waals surface area contributed by atoms with E-state index in [-0.39, 0.29) is 17.7 Å². The van der Waals surface area contributed by atoms with Crippen molar-refractivity contribution in [2.24, 2.45) is 11.8 Å². The van der Waals surface area contributed by atoms with Crippen molar-refractivity contribution in [3.63, 3.8) is 0 Å². The standard InChI is InChI=1S/C16H23N3O3/c1-12-11-19(15(20)14-10-17-5-6-18-14)7-4-16(12,21)13-2-8-22-9-3-13/h5-6,10,12-13,21H,2-4,7-9,11H2,1H3/t12-,16+/m1/s1. The predicted molar refractivity (Wildman–Crippen MR) is 80.2 cm³/mol. The van der Waals surface area contributed by atoms with Crippen LogP contribution in [-0.2, 0) is 4.74 Å². The molecule has 2 atom stereocenters. The van der Waals surface area contributed by atoms with E-state index in [4.69, 9.17) is 4.74 Å². The molecule has 120 valence electrons. The number of likely N-dealkylation sites (tertiary alicyclic amines) is 1. The van der Waals surface area contributed by atoms with Crippen molar-refractivity contribution in [3.8, 4) is 0 Å². The Morgan fingerprint density at radius 2 is 2.18 bits per heavy atom. The number of nitrogens with zero attached hydrogens (tertiary/aromatic N) is 3. The Bertz CT molecular complexity index is 519. The van der Waals surface area contributed by atoms with Gasteiger partial charge in [0.25, 0.3) is 5.91 Å². The lowest BCUT2D eigenvalue weighted by Crippen LogP contribution is -2.57. The Hall–Kier alpha value is -1.53. The van der Waals surface area contributed by atoms with E-state index >= 15 is 0 Å². The summed E-state index contributed by atoms with van der Waals surface area (Å²) in [6, 6.07) is 0. The van der Waals surface area contributed by atoms with E-state index in [0.717, 1.165) is 26.1 Å². The van der Waals surface area contributed by atoms with Crippen LogP contribution in [0.2, 0.25) is 0 Å². The smallest absolute Gasteiger partial charge is 0.274 e. The molecule has 22 heavy (non-hydrogen) atoms. The molecule has 0 unspecified atom stereocenters. The number of hydrogen-bond donors (Lipinski definition) is 1. The number of ether oxygens (including phenoxy) is 1. The highest BCUT2D eigenvalue weighted by Crippen LogP contribution is 2.39. The second kappa shape index (κ2) is 6.30. The molecule has 2 saturated heterocycles. The number of rotatable bonds is 2. The summed E-state index contributed by atoms with van der Waals surface area (Å²) in [5, 5.41) is 11.1. The van der Waals surface area contributed by atoms with Gasteiger partial charge < -0.3 is 14.7 Å². The van der Waals surface area contributed by atoms with Gasteiger partial charge in [-0.15, -0.1) is 0 Å². The highest BCUT2D eigenvalue weighted by atomic mass is 16.5. The van der Waals surface area contributed by atoms with Crippen LogP contribution in [0.25, 0.3) is 0 Å². The Morgan fingerprint density at radius 3 is 2.82 bits per heavy atom. The van der Waals surface area contributed by atoms with E-state index < -0.39 is 5.60 Å². The molecule has 0 aliphatic carbocycles. The summed E-state index contributed by atoms with van der Waals surface area (Å²) in [6.45, 7) is 4.60. The van der Waals surface area contributed by atoms with Crippen molar-refractivity contribution in [1.82, 2.24) is 14.9 Å². The molecule has 0 bridgehead atoms. The molecule has 6 nitrogen and oxygen atoms in total. The minimum atomic E-state index is -0.692. The lowest BCUT2D eigenvalue weighted by Gasteiger charge is -2.48. The van der Waals surface area contributed by atoms with Gasteiger partial charge in [0.05, 0.1) is 11.8 Å². The van der Waals surface area contributed by atoms with Crippen molar-refractivity contribution in [3.05, 3.63) is 24.3 Å². The number of hydrogen-bond acceptors (Lipinski definition) is 5. The van der Waals surface area contributed by atoms with Crippen LogP contribution in [-0.4, -0.2) is 57.8 Å². The minimum Gasteiger partial charge on any atom is -0.389 e. The van der Waals surface area contributed by atoms with E-state index in [9.17, 15) is 9.90 Å². The summed E-state index contributed by atoms with van der Waals surface area (Å²) in [4.78, 5) is 22.3. The van der Waals surface area contributed by atoms with Gasteiger partial charge in [0.15, 0.2) is 0 Å². The summed E-state index contributed by atoms with van der Waals surface area (Å²) in [6.07, 6.45) is 6.99. The van der Waals surface area contributed by atoms with Gasteiger partial charge in [0.1, 0.15) is 5.69 Å². The zero-order valence-corrected chi connectivity index (χ0v) is 12.9. The van der Waals surface area contributed by atoms with Crippen LogP contribution in [0.5, 0.6) is 0 Å². The molecule has 3 rings (SSSR count). The second-order valence-corrected chi connectivity index (χ2v) is 6.37. The number of aromatic nitrogens is 2. The van der Waals surface area contributed by atoms with E-state index in [1.807, 2.05) is 6.92 Å². The lowest BCUT2D eigenvalue weighted by atomic mass is 9.70. The summed E-state index contributed by atoms with van der Waals surface area (Å²) >= 11 is 0. The Kier molecular flexibility index (Phi) is 4.40. The van der Waals surface area contributed by atoms with Crippen LogP contribution in [0.15, 0.2) is 18.6 Å². The predicted octanol–water partition coefficient (Wildman–Crippen LogP) is 1.12. The largest absolute Gasteiger partial charge is 0.389 e. The van der Waals surface area contributed by atoms with E-state index in [1.165, 1.54) is 12.4 Å². The Balaban J connectivity index is 1.68. The average molecular weight is 305 g/mol. The molecule has 0 saturated carbocycles. The summed E-state index contributed by atoms with van der Waals surface area (Å²) in [5.41, 5.74) is -0.325. The van der Waals surface area contributed by atoms with Gasteiger partial charge in [-0.25, -0.2) is 4.98 Å². The maximum absolute atomic E-state index is 12.5. The highest BCUT2D eigenvalue weighted by Gasteiger charge is 2.46.